The Morgan fingerprint density at radius 2 is 2.29 bits per heavy atom. The zero-order valence-electron chi connectivity index (χ0n) is 15.0. The summed E-state index contributed by atoms with van der Waals surface area (Å²) in [5, 5.41) is 3.06. The van der Waals surface area contributed by atoms with Crippen LogP contribution in [0.3, 0.4) is 0 Å². The Kier molecular flexibility index (Phi) is 4.19. The molecule has 4 atom stereocenters. The van der Waals surface area contributed by atoms with E-state index in [0.717, 1.165) is 49.8 Å². The highest BCUT2D eigenvalue weighted by atomic mass is 16.6. The van der Waals surface area contributed by atoms with Crippen molar-refractivity contribution in [3.63, 3.8) is 0 Å². The summed E-state index contributed by atoms with van der Waals surface area (Å²) in [6, 6.07) is 0.553. The minimum absolute atomic E-state index is 0.254. The maximum Gasteiger partial charge on any atom is 0.412 e. The number of carbonyl (C=O) groups excluding carboxylic acids is 1. The number of nitrogens with zero attached hydrogens (tertiary/aromatic N) is 1. The molecule has 1 N–H and O–H groups in total. The van der Waals surface area contributed by atoms with E-state index in [1.807, 2.05) is 0 Å². The number of hydrogen-bond donors (Lipinski definition) is 1. The fourth-order valence-electron chi connectivity index (χ4n) is 5.52. The smallest absolute Gasteiger partial charge is 0.412 e. The van der Waals surface area contributed by atoms with E-state index < -0.39 is 0 Å². The molecule has 132 valence electrons. The molecule has 2 fully saturated rings. The van der Waals surface area contributed by atoms with Gasteiger partial charge in [-0.3, -0.25) is 0 Å². The highest BCUT2D eigenvalue weighted by molar-refractivity contribution is 5.68. The van der Waals surface area contributed by atoms with Crippen molar-refractivity contribution in [2.45, 2.75) is 57.9 Å². The Balaban J connectivity index is 1.28. The quantitative estimate of drug-likeness (QED) is 0.799. The number of amides is 1. The second-order valence-corrected chi connectivity index (χ2v) is 8.71. The van der Waals surface area contributed by atoms with Gasteiger partial charge in [0.1, 0.15) is 5.76 Å². The predicted molar refractivity (Wildman–Crippen MR) is 94.5 cm³/mol. The van der Waals surface area contributed by atoms with Crippen LogP contribution in [0.1, 0.15) is 51.9 Å². The van der Waals surface area contributed by atoms with Crippen LogP contribution >= 0.6 is 0 Å². The molecule has 4 unspecified atom stereocenters. The first kappa shape index (κ1) is 16.2. The van der Waals surface area contributed by atoms with E-state index in [2.05, 4.69) is 36.3 Å². The largest absolute Gasteiger partial charge is 0.415 e. The highest BCUT2D eigenvalue weighted by Crippen LogP contribution is 2.49. The van der Waals surface area contributed by atoms with Gasteiger partial charge in [-0.2, -0.15) is 0 Å². The van der Waals surface area contributed by atoms with Crippen LogP contribution in [0.2, 0.25) is 0 Å². The van der Waals surface area contributed by atoms with Crippen LogP contribution in [0.15, 0.2) is 23.5 Å². The summed E-state index contributed by atoms with van der Waals surface area (Å²) in [6.07, 6.45) is 12.2. The molecule has 1 aliphatic heterocycles. The Bertz CT molecular complexity index is 582. The van der Waals surface area contributed by atoms with Crippen molar-refractivity contribution in [3.05, 3.63) is 23.5 Å². The SMILES string of the molecule is CC1CC2=CCC(CNC(=O)OC3=CCC4CCN(C)C4C3)(C2)C1. The van der Waals surface area contributed by atoms with E-state index in [1.54, 1.807) is 5.57 Å². The van der Waals surface area contributed by atoms with Gasteiger partial charge in [-0.25, -0.2) is 4.79 Å². The van der Waals surface area contributed by atoms with E-state index >= 15 is 0 Å². The van der Waals surface area contributed by atoms with Crippen LogP contribution in [0.4, 0.5) is 4.79 Å². The second-order valence-electron chi connectivity index (χ2n) is 8.71. The standard InChI is InChI=1S/C20H30N2O2/c1-14-9-15-5-7-20(11-14,12-15)13-21-19(23)24-17-4-3-16-6-8-22(2)18(16)10-17/h4-5,14,16,18H,3,6-13H2,1-2H3,(H,21,23). The molecule has 24 heavy (non-hydrogen) atoms. The first-order chi connectivity index (χ1) is 11.5. The molecule has 3 aliphatic carbocycles. The summed E-state index contributed by atoms with van der Waals surface area (Å²) in [7, 11) is 2.18. The van der Waals surface area contributed by atoms with E-state index in [0.29, 0.717) is 6.04 Å². The third-order valence-electron chi connectivity index (χ3n) is 6.67. The van der Waals surface area contributed by atoms with Crippen LogP contribution < -0.4 is 5.32 Å². The van der Waals surface area contributed by atoms with Gasteiger partial charge in [0.05, 0.1) is 0 Å². The molecule has 0 aromatic rings. The molecule has 4 heteroatoms. The molecular formula is C20H30N2O2. The molecule has 0 spiro atoms. The summed E-state index contributed by atoms with van der Waals surface area (Å²) in [6.45, 7) is 4.24. The van der Waals surface area contributed by atoms with Crippen molar-refractivity contribution in [3.8, 4) is 0 Å². The molecule has 0 aromatic heterocycles. The minimum atomic E-state index is -0.263. The first-order valence-electron chi connectivity index (χ1n) is 9.56. The third kappa shape index (κ3) is 3.13. The maximum absolute atomic E-state index is 12.3. The zero-order valence-corrected chi connectivity index (χ0v) is 15.0. The number of hydrogen-bond acceptors (Lipinski definition) is 3. The van der Waals surface area contributed by atoms with Crippen molar-refractivity contribution >= 4 is 6.09 Å². The van der Waals surface area contributed by atoms with Crippen molar-refractivity contribution in [1.82, 2.24) is 10.2 Å². The summed E-state index contributed by atoms with van der Waals surface area (Å²) in [5.74, 6) is 2.35. The average molecular weight is 330 g/mol. The second kappa shape index (κ2) is 6.21. The molecule has 1 amide bonds. The molecule has 1 saturated heterocycles. The lowest BCUT2D eigenvalue weighted by Crippen LogP contribution is -2.39. The highest BCUT2D eigenvalue weighted by Gasteiger charge is 2.40. The van der Waals surface area contributed by atoms with E-state index in [4.69, 9.17) is 4.74 Å². The monoisotopic (exact) mass is 330 g/mol. The Hall–Kier alpha value is -1.29. The first-order valence-corrected chi connectivity index (χ1v) is 9.56. The number of likely N-dealkylation sites (tertiary alicyclic amines) is 1. The van der Waals surface area contributed by atoms with Gasteiger partial charge in [0.25, 0.3) is 0 Å². The molecule has 2 bridgehead atoms. The summed E-state index contributed by atoms with van der Waals surface area (Å²) in [4.78, 5) is 14.7. The van der Waals surface area contributed by atoms with Crippen LogP contribution in [0.25, 0.3) is 0 Å². The van der Waals surface area contributed by atoms with Crippen molar-refractivity contribution in [1.29, 1.82) is 0 Å². The summed E-state index contributed by atoms with van der Waals surface area (Å²) in [5.41, 5.74) is 1.85. The number of ether oxygens (including phenoxy) is 1. The normalized spacial score (nSPS) is 38.3. The Morgan fingerprint density at radius 1 is 1.42 bits per heavy atom. The van der Waals surface area contributed by atoms with Gasteiger partial charge < -0.3 is 15.0 Å². The van der Waals surface area contributed by atoms with E-state index in [-0.39, 0.29) is 11.5 Å². The molecule has 0 aromatic carbocycles. The zero-order chi connectivity index (χ0) is 16.7. The molecule has 4 aliphatic rings. The van der Waals surface area contributed by atoms with Crippen LogP contribution in [-0.2, 0) is 4.74 Å². The molecule has 0 radical (unpaired) electrons. The summed E-state index contributed by atoms with van der Waals surface area (Å²) < 4.78 is 5.64. The summed E-state index contributed by atoms with van der Waals surface area (Å²) >= 11 is 0. The van der Waals surface area contributed by atoms with Gasteiger partial charge in [-0.1, -0.05) is 18.6 Å². The van der Waals surface area contributed by atoms with Crippen LogP contribution in [-0.4, -0.2) is 37.2 Å². The fraction of sp³-hybridized carbons (Fsp3) is 0.750. The number of carbonyl (C=O) groups is 1. The lowest BCUT2D eigenvalue weighted by Gasteiger charge is -2.36. The molecular weight excluding hydrogens is 300 g/mol. The number of allylic oxidation sites excluding steroid dienone is 3. The minimum Gasteiger partial charge on any atom is -0.415 e. The Morgan fingerprint density at radius 3 is 3.17 bits per heavy atom. The van der Waals surface area contributed by atoms with Gasteiger partial charge in [-0.15, -0.1) is 0 Å². The van der Waals surface area contributed by atoms with Crippen molar-refractivity contribution in [2.75, 3.05) is 20.1 Å². The van der Waals surface area contributed by atoms with Gasteiger partial charge in [0.2, 0.25) is 0 Å². The molecule has 4 rings (SSSR count). The van der Waals surface area contributed by atoms with E-state index in [1.165, 1.54) is 25.8 Å². The van der Waals surface area contributed by atoms with Crippen LogP contribution in [0.5, 0.6) is 0 Å². The number of nitrogens with one attached hydrogen (secondary N) is 1. The van der Waals surface area contributed by atoms with Gasteiger partial charge in [-0.05, 0) is 75.4 Å². The third-order valence-corrected chi connectivity index (χ3v) is 6.67. The van der Waals surface area contributed by atoms with Gasteiger partial charge in [0.15, 0.2) is 0 Å². The lowest BCUT2D eigenvalue weighted by atomic mass is 9.71. The van der Waals surface area contributed by atoms with E-state index in [9.17, 15) is 4.79 Å². The maximum atomic E-state index is 12.3. The fourth-order valence-corrected chi connectivity index (χ4v) is 5.52. The number of alkyl carbamates (subject to hydrolysis) is 1. The molecule has 1 heterocycles. The number of fused-ring (bicyclic) bond motifs is 3. The van der Waals surface area contributed by atoms with Crippen molar-refractivity contribution in [2.24, 2.45) is 17.3 Å². The van der Waals surface area contributed by atoms with Crippen LogP contribution in [0, 0.1) is 17.3 Å². The average Bonchev–Trinajstić information content (AvgIpc) is 3.06. The van der Waals surface area contributed by atoms with Gasteiger partial charge in [0, 0.05) is 19.0 Å². The molecule has 4 nitrogen and oxygen atoms in total. The number of rotatable bonds is 3. The van der Waals surface area contributed by atoms with Crippen molar-refractivity contribution < 1.29 is 9.53 Å². The topological polar surface area (TPSA) is 41.6 Å². The Labute approximate surface area is 145 Å². The predicted octanol–water partition coefficient (Wildman–Crippen LogP) is 3.85. The molecule has 1 saturated carbocycles. The van der Waals surface area contributed by atoms with Gasteiger partial charge >= 0.3 is 6.09 Å². The lowest BCUT2D eigenvalue weighted by molar-refractivity contribution is 0.143.